The highest BCUT2D eigenvalue weighted by molar-refractivity contribution is 5.98. The zero-order valence-electron chi connectivity index (χ0n) is 12.0. The monoisotopic (exact) mass is 300 g/mol. The predicted molar refractivity (Wildman–Crippen MR) is 81.4 cm³/mol. The molecule has 0 spiro atoms. The van der Waals surface area contributed by atoms with Crippen molar-refractivity contribution in [3.05, 3.63) is 53.6 Å². The van der Waals surface area contributed by atoms with Gasteiger partial charge < -0.3 is 20.9 Å². The molecule has 0 fully saturated rings. The number of hydrogen-bond acceptors (Lipinski definition) is 4. The van der Waals surface area contributed by atoms with Crippen molar-refractivity contribution in [1.82, 2.24) is 0 Å². The molecule has 2 rings (SSSR count). The first kappa shape index (κ1) is 15.5. The van der Waals surface area contributed by atoms with Gasteiger partial charge in [-0.15, -0.1) is 0 Å². The molecule has 0 radical (unpaired) electrons. The lowest BCUT2D eigenvalue weighted by Crippen LogP contribution is -2.14. The van der Waals surface area contributed by atoms with Crippen LogP contribution in [-0.2, 0) is 4.74 Å². The Morgan fingerprint density at radius 2 is 1.68 bits per heavy atom. The number of ether oxygens (including phenoxy) is 2. The minimum absolute atomic E-state index is 0.0172. The molecule has 4 N–H and O–H groups in total. The van der Waals surface area contributed by atoms with Crippen molar-refractivity contribution in [3.63, 3.8) is 0 Å². The van der Waals surface area contributed by atoms with Crippen LogP contribution < -0.4 is 16.2 Å². The van der Waals surface area contributed by atoms with Crippen molar-refractivity contribution in [1.29, 1.82) is 0 Å². The van der Waals surface area contributed by atoms with Crippen LogP contribution in [0.2, 0.25) is 0 Å². The molecule has 0 aromatic heterocycles. The van der Waals surface area contributed by atoms with Crippen LogP contribution in [0.3, 0.4) is 0 Å². The van der Waals surface area contributed by atoms with E-state index in [-0.39, 0.29) is 12.4 Å². The van der Waals surface area contributed by atoms with Crippen LogP contribution in [0.1, 0.15) is 20.7 Å². The fraction of sp³-hybridized carbons (Fsp3) is 0.125. The smallest absolute Gasteiger partial charge is 0.252 e. The van der Waals surface area contributed by atoms with E-state index in [4.69, 9.17) is 20.9 Å². The van der Waals surface area contributed by atoms with Gasteiger partial charge in [0.15, 0.2) is 6.79 Å². The van der Waals surface area contributed by atoms with E-state index in [0.717, 1.165) is 5.56 Å². The van der Waals surface area contributed by atoms with Crippen molar-refractivity contribution in [2.45, 2.75) is 0 Å². The first-order valence-corrected chi connectivity index (χ1v) is 6.49. The summed E-state index contributed by atoms with van der Waals surface area (Å²) in [5, 5.41) is 0. The molecule has 0 unspecified atom stereocenters. The maximum absolute atomic E-state index is 11.6. The van der Waals surface area contributed by atoms with Crippen molar-refractivity contribution < 1.29 is 19.1 Å². The molecule has 6 heteroatoms. The van der Waals surface area contributed by atoms with Crippen LogP contribution in [0.15, 0.2) is 42.5 Å². The molecule has 0 aliphatic rings. The standard InChI is InChI=1S/C16H16N2O4/c1-21-9-22-14-12(3-2-4-13(14)16(18)20)10-5-7-11(8-6-10)15(17)19/h2-8H,9H2,1H3,(H2,17,19)(H2,18,20). The number of methoxy groups -OCH3 is 1. The van der Waals surface area contributed by atoms with Gasteiger partial charge in [-0.1, -0.05) is 24.3 Å². The summed E-state index contributed by atoms with van der Waals surface area (Å²) < 4.78 is 10.4. The summed E-state index contributed by atoms with van der Waals surface area (Å²) in [6.07, 6.45) is 0. The average Bonchev–Trinajstić information content (AvgIpc) is 2.52. The second-order valence-corrected chi connectivity index (χ2v) is 4.54. The number of hydrogen-bond donors (Lipinski definition) is 2. The van der Waals surface area contributed by atoms with Gasteiger partial charge in [0.2, 0.25) is 5.91 Å². The minimum Gasteiger partial charge on any atom is -0.466 e. The Kier molecular flexibility index (Phi) is 4.75. The van der Waals surface area contributed by atoms with Crippen molar-refractivity contribution >= 4 is 11.8 Å². The number of rotatable bonds is 6. The molecule has 6 nitrogen and oxygen atoms in total. The van der Waals surface area contributed by atoms with Crippen LogP contribution in [-0.4, -0.2) is 25.7 Å². The molecule has 114 valence electrons. The number of para-hydroxylation sites is 1. The Hall–Kier alpha value is -2.86. The Labute approximate surface area is 127 Å². The number of carbonyl (C=O) groups excluding carboxylic acids is 2. The normalized spacial score (nSPS) is 10.2. The summed E-state index contributed by atoms with van der Waals surface area (Å²) in [6.45, 7) is -0.0172. The largest absolute Gasteiger partial charge is 0.466 e. The van der Waals surface area contributed by atoms with E-state index in [1.807, 2.05) is 0 Å². The van der Waals surface area contributed by atoms with E-state index in [1.165, 1.54) is 7.11 Å². The lowest BCUT2D eigenvalue weighted by atomic mass is 10.00. The lowest BCUT2D eigenvalue weighted by Gasteiger charge is -2.14. The molecule has 2 aromatic carbocycles. The molecule has 0 aliphatic carbocycles. The molecule has 0 saturated carbocycles. The summed E-state index contributed by atoms with van der Waals surface area (Å²) in [4.78, 5) is 22.7. The second kappa shape index (κ2) is 6.73. The second-order valence-electron chi connectivity index (χ2n) is 4.54. The van der Waals surface area contributed by atoms with Crippen LogP contribution in [0, 0.1) is 0 Å². The van der Waals surface area contributed by atoms with E-state index >= 15 is 0 Å². The Morgan fingerprint density at radius 1 is 1.00 bits per heavy atom. The third-order valence-corrected chi connectivity index (χ3v) is 3.08. The Balaban J connectivity index is 2.51. The van der Waals surface area contributed by atoms with E-state index in [2.05, 4.69) is 0 Å². The topological polar surface area (TPSA) is 105 Å². The average molecular weight is 300 g/mol. The van der Waals surface area contributed by atoms with Gasteiger partial charge in [-0.05, 0) is 23.8 Å². The van der Waals surface area contributed by atoms with E-state index in [0.29, 0.717) is 16.9 Å². The van der Waals surface area contributed by atoms with Gasteiger partial charge in [-0.3, -0.25) is 9.59 Å². The molecule has 0 heterocycles. The highest BCUT2D eigenvalue weighted by Gasteiger charge is 2.15. The number of nitrogens with two attached hydrogens (primary N) is 2. The Bertz CT molecular complexity index is 696. The van der Waals surface area contributed by atoms with Crippen molar-refractivity contribution in [2.24, 2.45) is 11.5 Å². The maximum Gasteiger partial charge on any atom is 0.252 e. The van der Waals surface area contributed by atoms with Gasteiger partial charge in [0.05, 0.1) is 5.56 Å². The van der Waals surface area contributed by atoms with Gasteiger partial charge >= 0.3 is 0 Å². The quantitative estimate of drug-likeness (QED) is 0.789. The van der Waals surface area contributed by atoms with Crippen LogP contribution in [0.4, 0.5) is 0 Å². The molecule has 0 aliphatic heterocycles. The third-order valence-electron chi connectivity index (χ3n) is 3.08. The van der Waals surface area contributed by atoms with Gasteiger partial charge in [-0.2, -0.15) is 0 Å². The molecule has 2 amide bonds. The van der Waals surface area contributed by atoms with Crippen LogP contribution in [0.5, 0.6) is 5.75 Å². The molecule has 0 atom stereocenters. The van der Waals surface area contributed by atoms with E-state index in [9.17, 15) is 9.59 Å². The zero-order valence-corrected chi connectivity index (χ0v) is 12.0. The van der Waals surface area contributed by atoms with Gasteiger partial charge in [0.25, 0.3) is 5.91 Å². The first-order valence-electron chi connectivity index (χ1n) is 6.49. The van der Waals surface area contributed by atoms with Crippen LogP contribution >= 0.6 is 0 Å². The van der Waals surface area contributed by atoms with E-state index in [1.54, 1.807) is 42.5 Å². The van der Waals surface area contributed by atoms with Gasteiger partial charge in [-0.25, -0.2) is 0 Å². The fourth-order valence-electron chi connectivity index (χ4n) is 2.05. The lowest BCUT2D eigenvalue weighted by molar-refractivity contribution is 0.0506. The predicted octanol–water partition coefficient (Wildman–Crippen LogP) is 1.53. The molecule has 2 aromatic rings. The summed E-state index contributed by atoms with van der Waals surface area (Å²) >= 11 is 0. The van der Waals surface area contributed by atoms with Crippen molar-refractivity contribution in [3.8, 4) is 16.9 Å². The number of benzene rings is 2. The van der Waals surface area contributed by atoms with Crippen LogP contribution in [0.25, 0.3) is 11.1 Å². The molecule has 22 heavy (non-hydrogen) atoms. The molecular weight excluding hydrogens is 284 g/mol. The van der Waals surface area contributed by atoms with Gasteiger partial charge in [0.1, 0.15) is 5.75 Å². The first-order chi connectivity index (χ1) is 10.5. The highest BCUT2D eigenvalue weighted by atomic mass is 16.7. The minimum atomic E-state index is -0.596. The summed E-state index contributed by atoms with van der Waals surface area (Å²) in [7, 11) is 1.48. The number of amides is 2. The zero-order chi connectivity index (χ0) is 16.1. The van der Waals surface area contributed by atoms with E-state index < -0.39 is 11.8 Å². The molecular formula is C16H16N2O4. The maximum atomic E-state index is 11.6. The SMILES string of the molecule is COCOc1c(C(N)=O)cccc1-c1ccc(C(N)=O)cc1. The number of carbonyl (C=O) groups is 2. The molecule has 0 saturated heterocycles. The highest BCUT2D eigenvalue weighted by Crippen LogP contribution is 2.33. The van der Waals surface area contributed by atoms with Gasteiger partial charge in [0, 0.05) is 18.2 Å². The molecule has 0 bridgehead atoms. The summed E-state index contributed by atoms with van der Waals surface area (Å²) in [6, 6.07) is 11.7. The summed E-state index contributed by atoms with van der Waals surface area (Å²) in [5.74, 6) is -0.765. The van der Waals surface area contributed by atoms with Crippen molar-refractivity contribution in [2.75, 3.05) is 13.9 Å². The fourth-order valence-corrected chi connectivity index (χ4v) is 2.05. The Morgan fingerprint density at radius 3 is 2.23 bits per heavy atom. The number of primary amides is 2. The summed E-state index contributed by atoms with van der Waals surface area (Å²) in [5.41, 5.74) is 12.7. The third kappa shape index (κ3) is 3.24.